The van der Waals surface area contributed by atoms with Crippen LogP contribution in [0.25, 0.3) is 0 Å². The molecule has 0 radical (unpaired) electrons. The van der Waals surface area contributed by atoms with Gasteiger partial charge in [-0.15, -0.1) is 0 Å². The molecular formula is C28H38FN5O4. The van der Waals surface area contributed by atoms with E-state index in [1.165, 1.54) is 4.90 Å². The first-order chi connectivity index (χ1) is 17.8. The van der Waals surface area contributed by atoms with Crippen molar-refractivity contribution in [2.24, 2.45) is 46.7 Å². The number of halogens is 1. The number of carbonyl (C=O) groups is 4. The number of nitriles is 1. The van der Waals surface area contributed by atoms with Crippen LogP contribution in [0.15, 0.2) is 12.2 Å². The van der Waals surface area contributed by atoms with Gasteiger partial charge in [-0.1, -0.05) is 32.9 Å². The molecule has 9 nitrogen and oxygen atoms in total. The molecule has 2 saturated heterocycles. The van der Waals surface area contributed by atoms with Crippen LogP contribution in [0.5, 0.6) is 0 Å². The summed E-state index contributed by atoms with van der Waals surface area (Å²) in [7, 11) is 0. The summed E-state index contributed by atoms with van der Waals surface area (Å²) in [5.41, 5.74) is 1.74. The lowest BCUT2D eigenvalue weighted by molar-refractivity contribution is -0.155. The number of alkyl halides is 1. The van der Waals surface area contributed by atoms with Gasteiger partial charge in [-0.2, -0.15) is 5.26 Å². The Labute approximate surface area is 222 Å². The van der Waals surface area contributed by atoms with Crippen molar-refractivity contribution in [3.8, 4) is 6.07 Å². The fourth-order valence-electron chi connectivity index (χ4n) is 7.79. The van der Waals surface area contributed by atoms with Crippen molar-refractivity contribution >= 4 is 23.6 Å². The van der Waals surface area contributed by atoms with Crippen LogP contribution in [0.4, 0.5) is 4.39 Å². The van der Waals surface area contributed by atoms with Gasteiger partial charge in [0.05, 0.1) is 12.0 Å². The molecule has 0 spiro atoms. The summed E-state index contributed by atoms with van der Waals surface area (Å²) < 4.78 is 15.0. The molecule has 3 aliphatic carbocycles. The first kappa shape index (κ1) is 26.6. The van der Waals surface area contributed by atoms with Gasteiger partial charge in [0.2, 0.25) is 17.7 Å². The number of nitrogens with two attached hydrogens (primary N) is 1. The highest BCUT2D eigenvalue weighted by Gasteiger charge is 2.70. The molecule has 0 aromatic carbocycles. The molecule has 4 fully saturated rings. The van der Waals surface area contributed by atoms with Crippen molar-refractivity contribution in [1.82, 2.24) is 15.5 Å². The Kier molecular flexibility index (Phi) is 6.35. The van der Waals surface area contributed by atoms with Crippen LogP contribution in [0.1, 0.15) is 59.3 Å². The maximum atomic E-state index is 15.0. The Morgan fingerprint density at radius 2 is 1.97 bits per heavy atom. The summed E-state index contributed by atoms with van der Waals surface area (Å²) in [6.07, 6.45) is 6.48. The average molecular weight is 528 g/mol. The zero-order chi connectivity index (χ0) is 27.6. The third kappa shape index (κ3) is 3.84. The van der Waals surface area contributed by atoms with Gasteiger partial charge < -0.3 is 21.3 Å². The number of carbonyl (C=O) groups excluding carboxylic acids is 4. The second kappa shape index (κ2) is 9.06. The number of primary amides is 1. The normalized spacial score (nSPS) is 36.1. The number of amides is 4. The number of hydrogen-bond donors (Lipinski definition) is 3. The van der Waals surface area contributed by atoms with Crippen molar-refractivity contribution in [2.75, 3.05) is 13.1 Å². The Morgan fingerprint density at radius 3 is 2.50 bits per heavy atom. The SMILES string of the molecule is CC(C)(C)[C@H](NC(=O)C1(F)CCC1)C(=O)N1CC2C3C=CC(C3)C2C1(C(N)=O)[C@@H](C#N)C[C@H]1CCNC1=O. The number of rotatable bonds is 7. The first-order valence-electron chi connectivity index (χ1n) is 13.8. The summed E-state index contributed by atoms with van der Waals surface area (Å²) in [5, 5.41) is 15.9. The Morgan fingerprint density at radius 1 is 1.29 bits per heavy atom. The smallest absolute Gasteiger partial charge is 0.258 e. The second-order valence-electron chi connectivity index (χ2n) is 13.1. The van der Waals surface area contributed by atoms with E-state index >= 15 is 4.39 Å². The van der Waals surface area contributed by atoms with E-state index in [9.17, 15) is 24.4 Å². The number of fused-ring (bicyclic) bond motifs is 5. The fourth-order valence-corrected chi connectivity index (χ4v) is 7.79. The molecule has 5 rings (SSSR count). The van der Waals surface area contributed by atoms with Gasteiger partial charge in [0.15, 0.2) is 5.67 Å². The van der Waals surface area contributed by atoms with Crippen LogP contribution in [0.3, 0.4) is 0 Å². The highest BCUT2D eigenvalue weighted by Crippen LogP contribution is 2.60. The highest BCUT2D eigenvalue weighted by atomic mass is 19.1. The summed E-state index contributed by atoms with van der Waals surface area (Å²) in [5.74, 6) is -4.02. The van der Waals surface area contributed by atoms with Crippen molar-refractivity contribution in [3.63, 3.8) is 0 Å². The van der Waals surface area contributed by atoms with Crippen LogP contribution < -0.4 is 16.4 Å². The molecule has 38 heavy (non-hydrogen) atoms. The maximum Gasteiger partial charge on any atom is 0.258 e. The molecule has 2 saturated carbocycles. The molecule has 0 aromatic heterocycles. The topological polar surface area (TPSA) is 145 Å². The molecule has 2 aliphatic heterocycles. The van der Waals surface area contributed by atoms with Crippen LogP contribution in [0.2, 0.25) is 0 Å². The number of hydrogen-bond acceptors (Lipinski definition) is 5. The zero-order valence-electron chi connectivity index (χ0n) is 22.3. The van der Waals surface area contributed by atoms with Crippen molar-refractivity contribution < 1.29 is 23.6 Å². The molecular weight excluding hydrogens is 489 g/mol. The molecule has 4 N–H and O–H groups in total. The number of nitrogens with zero attached hydrogens (tertiary/aromatic N) is 2. The predicted octanol–water partition coefficient (Wildman–Crippen LogP) is 1.58. The summed E-state index contributed by atoms with van der Waals surface area (Å²) >= 11 is 0. The Hall–Kier alpha value is -2.96. The van der Waals surface area contributed by atoms with E-state index in [0.717, 1.165) is 6.42 Å². The Balaban J connectivity index is 1.56. The van der Waals surface area contributed by atoms with Gasteiger partial charge in [-0.25, -0.2) is 4.39 Å². The van der Waals surface area contributed by atoms with Crippen LogP contribution in [-0.4, -0.2) is 58.9 Å². The molecule has 5 aliphatic rings. The van der Waals surface area contributed by atoms with E-state index in [2.05, 4.69) is 28.9 Å². The monoisotopic (exact) mass is 527 g/mol. The molecule has 2 bridgehead atoms. The molecule has 4 amide bonds. The third-order valence-corrected chi connectivity index (χ3v) is 9.94. The van der Waals surface area contributed by atoms with E-state index in [1.807, 2.05) is 0 Å². The van der Waals surface area contributed by atoms with Crippen molar-refractivity contribution in [3.05, 3.63) is 12.2 Å². The first-order valence-corrected chi connectivity index (χ1v) is 13.8. The standard InChI is InChI=1S/C28H38FN5O4/c1-26(2,3)21(33-25(38)27(29)8-4-9-27)23(36)34-14-19-15-5-6-16(11-15)20(19)28(34,24(31)37)18(13-30)12-17-7-10-32-22(17)35/h5-6,15-21H,4,7-12,14H2,1-3H3,(H2,31,37)(H,32,35)(H,33,38)/t15?,16?,17-,18-,19?,20?,21-,28?/m1/s1. The molecule has 10 heteroatoms. The predicted molar refractivity (Wildman–Crippen MR) is 135 cm³/mol. The summed E-state index contributed by atoms with van der Waals surface area (Å²) in [6, 6.07) is 1.16. The maximum absolute atomic E-state index is 15.0. The lowest BCUT2D eigenvalue weighted by atomic mass is 9.65. The van der Waals surface area contributed by atoms with Crippen LogP contribution in [-0.2, 0) is 19.2 Å². The quantitative estimate of drug-likeness (QED) is 0.431. The molecule has 2 heterocycles. The zero-order valence-corrected chi connectivity index (χ0v) is 22.3. The largest absolute Gasteiger partial charge is 0.368 e. The van der Waals surface area contributed by atoms with E-state index in [-0.39, 0.29) is 55.4 Å². The van der Waals surface area contributed by atoms with E-state index in [1.54, 1.807) is 20.8 Å². The number of allylic oxidation sites excluding steroid dienone is 2. The minimum absolute atomic E-state index is 0.0182. The van der Waals surface area contributed by atoms with Crippen molar-refractivity contribution in [2.45, 2.75) is 76.5 Å². The second-order valence-corrected chi connectivity index (χ2v) is 13.1. The summed E-state index contributed by atoms with van der Waals surface area (Å²) in [6.45, 7) is 6.05. The number of nitrogens with one attached hydrogen (secondary N) is 2. The molecule has 8 atom stereocenters. The third-order valence-electron chi connectivity index (χ3n) is 9.94. The van der Waals surface area contributed by atoms with E-state index in [0.29, 0.717) is 19.4 Å². The van der Waals surface area contributed by atoms with Crippen LogP contribution in [0, 0.1) is 52.3 Å². The van der Waals surface area contributed by atoms with Gasteiger partial charge in [0, 0.05) is 24.9 Å². The number of likely N-dealkylation sites (tertiary alicyclic amines) is 1. The van der Waals surface area contributed by atoms with Crippen LogP contribution >= 0.6 is 0 Å². The highest BCUT2D eigenvalue weighted by molar-refractivity contribution is 5.97. The molecule has 5 unspecified atom stereocenters. The van der Waals surface area contributed by atoms with E-state index in [4.69, 9.17) is 5.73 Å². The average Bonchev–Trinajstić information content (AvgIpc) is 3.60. The van der Waals surface area contributed by atoms with Gasteiger partial charge in [0.1, 0.15) is 11.6 Å². The molecule has 0 aromatic rings. The fraction of sp³-hybridized carbons (Fsp3) is 0.750. The molecule has 206 valence electrons. The lowest BCUT2D eigenvalue weighted by Crippen LogP contribution is -2.68. The van der Waals surface area contributed by atoms with Crippen molar-refractivity contribution in [1.29, 1.82) is 5.26 Å². The minimum atomic E-state index is -2.00. The van der Waals surface area contributed by atoms with Gasteiger partial charge in [0.25, 0.3) is 5.91 Å². The summed E-state index contributed by atoms with van der Waals surface area (Å²) in [4.78, 5) is 54.9. The lowest BCUT2D eigenvalue weighted by Gasteiger charge is -2.47. The van der Waals surface area contributed by atoms with Gasteiger partial charge in [-0.3, -0.25) is 19.2 Å². The minimum Gasteiger partial charge on any atom is -0.368 e. The Bertz CT molecular complexity index is 1120. The van der Waals surface area contributed by atoms with E-state index < -0.39 is 52.2 Å². The van der Waals surface area contributed by atoms with Gasteiger partial charge in [-0.05, 0) is 61.7 Å². The van der Waals surface area contributed by atoms with Gasteiger partial charge >= 0.3 is 0 Å².